The van der Waals surface area contributed by atoms with Crippen molar-refractivity contribution in [2.24, 2.45) is 0 Å². The van der Waals surface area contributed by atoms with E-state index in [2.05, 4.69) is 10.6 Å². The molecule has 0 spiro atoms. The van der Waals surface area contributed by atoms with E-state index < -0.39 is 5.82 Å². The molecule has 1 atom stereocenters. The second-order valence-electron chi connectivity index (χ2n) is 7.33. The van der Waals surface area contributed by atoms with Gasteiger partial charge >= 0.3 is 0 Å². The molecule has 5 nitrogen and oxygen atoms in total. The molecule has 2 rings (SSSR count). The van der Waals surface area contributed by atoms with Crippen LogP contribution in [0.1, 0.15) is 37.4 Å². The summed E-state index contributed by atoms with van der Waals surface area (Å²) in [6, 6.07) is 7.72. The van der Waals surface area contributed by atoms with Crippen molar-refractivity contribution >= 4 is 23.4 Å². The summed E-state index contributed by atoms with van der Waals surface area (Å²) in [6.45, 7) is 4.39. The highest BCUT2D eigenvalue weighted by Crippen LogP contribution is 2.20. The molecule has 0 aliphatic rings. The van der Waals surface area contributed by atoms with Crippen LogP contribution >= 0.6 is 11.6 Å². The van der Waals surface area contributed by atoms with Crippen LogP contribution in [0.5, 0.6) is 0 Å². The van der Waals surface area contributed by atoms with Crippen LogP contribution in [-0.4, -0.2) is 50.4 Å². The zero-order valence-corrected chi connectivity index (χ0v) is 18.2. The van der Waals surface area contributed by atoms with Gasteiger partial charge in [-0.05, 0) is 81.4 Å². The Bertz CT molecular complexity index is 892. The molecule has 0 aromatic heterocycles. The standard InChI is InChI=1S/C22H27ClFN3O2/c1-13-8-16(21(28)25-3)9-14(2)18(13)11-17(27(4)5)12-26-22(29)15-6-7-20(24)19(23)10-15/h6-10,17H,11-12H2,1-5H3,(H,25,28)(H,26,29)/t17-/m0/s1. The Kier molecular flexibility index (Phi) is 7.76. The third-order valence-electron chi connectivity index (χ3n) is 5.04. The van der Waals surface area contributed by atoms with Crippen molar-refractivity contribution in [3.8, 4) is 0 Å². The molecule has 0 bridgehead atoms. The van der Waals surface area contributed by atoms with Gasteiger partial charge in [-0.3, -0.25) is 9.59 Å². The summed E-state index contributed by atoms with van der Waals surface area (Å²) in [5, 5.41) is 5.46. The van der Waals surface area contributed by atoms with E-state index >= 15 is 0 Å². The van der Waals surface area contributed by atoms with Crippen LogP contribution in [0.3, 0.4) is 0 Å². The number of amides is 2. The molecule has 2 N–H and O–H groups in total. The summed E-state index contributed by atoms with van der Waals surface area (Å²) >= 11 is 5.77. The molecule has 2 aromatic rings. The summed E-state index contributed by atoms with van der Waals surface area (Å²) < 4.78 is 13.3. The third-order valence-corrected chi connectivity index (χ3v) is 5.33. The second kappa shape index (κ2) is 9.85. The van der Waals surface area contributed by atoms with Crippen LogP contribution in [0.2, 0.25) is 5.02 Å². The lowest BCUT2D eigenvalue weighted by Gasteiger charge is -2.26. The lowest BCUT2D eigenvalue weighted by atomic mass is 9.93. The topological polar surface area (TPSA) is 61.4 Å². The van der Waals surface area contributed by atoms with Crippen molar-refractivity contribution in [3.63, 3.8) is 0 Å². The number of nitrogens with zero attached hydrogens (tertiary/aromatic N) is 1. The molecule has 0 unspecified atom stereocenters. The van der Waals surface area contributed by atoms with E-state index in [4.69, 9.17) is 11.6 Å². The van der Waals surface area contributed by atoms with Gasteiger partial charge in [-0.2, -0.15) is 0 Å². The minimum absolute atomic E-state index is 0.0399. The second-order valence-corrected chi connectivity index (χ2v) is 7.74. The first-order valence-electron chi connectivity index (χ1n) is 9.36. The summed E-state index contributed by atoms with van der Waals surface area (Å²) in [6.07, 6.45) is 0.711. The predicted molar refractivity (Wildman–Crippen MR) is 114 cm³/mol. The predicted octanol–water partition coefficient (Wildman–Crippen LogP) is 3.36. The molecule has 0 fully saturated rings. The maximum atomic E-state index is 13.3. The lowest BCUT2D eigenvalue weighted by molar-refractivity contribution is 0.0938. The van der Waals surface area contributed by atoms with Crippen LogP contribution in [-0.2, 0) is 6.42 Å². The monoisotopic (exact) mass is 419 g/mol. The molecule has 29 heavy (non-hydrogen) atoms. The van der Waals surface area contributed by atoms with Gasteiger partial charge in [-0.25, -0.2) is 4.39 Å². The van der Waals surface area contributed by atoms with Gasteiger partial charge in [-0.15, -0.1) is 0 Å². The largest absolute Gasteiger partial charge is 0.355 e. The number of hydrogen-bond acceptors (Lipinski definition) is 3. The van der Waals surface area contributed by atoms with E-state index in [1.807, 2.05) is 45.0 Å². The maximum Gasteiger partial charge on any atom is 0.251 e. The van der Waals surface area contributed by atoms with E-state index in [0.29, 0.717) is 24.1 Å². The van der Waals surface area contributed by atoms with Gasteiger partial charge in [0.05, 0.1) is 5.02 Å². The molecular formula is C22H27ClFN3O2. The fourth-order valence-corrected chi connectivity index (χ4v) is 3.39. The highest BCUT2D eigenvalue weighted by molar-refractivity contribution is 6.31. The van der Waals surface area contributed by atoms with Crippen LogP contribution in [0.15, 0.2) is 30.3 Å². The smallest absolute Gasteiger partial charge is 0.251 e. The zero-order valence-electron chi connectivity index (χ0n) is 17.4. The van der Waals surface area contributed by atoms with Crippen LogP contribution in [0.25, 0.3) is 0 Å². The number of benzene rings is 2. The van der Waals surface area contributed by atoms with Crippen molar-refractivity contribution in [1.82, 2.24) is 15.5 Å². The number of rotatable bonds is 7. The van der Waals surface area contributed by atoms with Crippen molar-refractivity contribution in [3.05, 3.63) is 69.0 Å². The van der Waals surface area contributed by atoms with Crippen LogP contribution < -0.4 is 10.6 Å². The fraction of sp³-hybridized carbons (Fsp3) is 0.364. The summed E-state index contributed by atoms with van der Waals surface area (Å²) in [7, 11) is 5.52. The number of aryl methyl sites for hydroxylation is 2. The average Bonchev–Trinajstić information content (AvgIpc) is 2.67. The maximum absolute atomic E-state index is 13.3. The van der Waals surface area contributed by atoms with Crippen molar-refractivity contribution in [1.29, 1.82) is 0 Å². The first-order chi connectivity index (χ1) is 13.6. The number of hydrogen-bond donors (Lipinski definition) is 2. The summed E-state index contributed by atoms with van der Waals surface area (Å²) in [4.78, 5) is 26.4. The van der Waals surface area contributed by atoms with Gasteiger partial charge in [-0.1, -0.05) is 11.6 Å². The Morgan fingerprint density at radius 1 is 1.07 bits per heavy atom. The minimum Gasteiger partial charge on any atom is -0.355 e. The number of likely N-dealkylation sites (N-methyl/N-ethyl adjacent to an activating group) is 1. The van der Waals surface area contributed by atoms with Gasteiger partial charge in [0.25, 0.3) is 11.8 Å². The van der Waals surface area contributed by atoms with Gasteiger partial charge in [0.15, 0.2) is 0 Å². The number of nitrogens with one attached hydrogen (secondary N) is 2. The molecular weight excluding hydrogens is 393 g/mol. The van der Waals surface area contributed by atoms with Crippen LogP contribution in [0.4, 0.5) is 4.39 Å². The molecule has 0 saturated carbocycles. The third kappa shape index (κ3) is 5.78. The Morgan fingerprint density at radius 2 is 1.69 bits per heavy atom. The Balaban J connectivity index is 2.13. The highest BCUT2D eigenvalue weighted by Gasteiger charge is 2.18. The summed E-state index contributed by atoms with van der Waals surface area (Å²) in [5.74, 6) is -0.972. The minimum atomic E-state index is -0.555. The molecule has 156 valence electrons. The first-order valence-corrected chi connectivity index (χ1v) is 9.73. The van der Waals surface area contributed by atoms with E-state index in [0.717, 1.165) is 16.7 Å². The van der Waals surface area contributed by atoms with E-state index in [1.54, 1.807) is 7.05 Å². The molecule has 0 radical (unpaired) electrons. The Morgan fingerprint density at radius 3 is 2.21 bits per heavy atom. The first kappa shape index (κ1) is 22.8. The number of carbonyl (C=O) groups excluding carboxylic acids is 2. The SMILES string of the molecule is CNC(=O)c1cc(C)c(C[C@@H](CNC(=O)c2ccc(F)c(Cl)c2)N(C)C)c(C)c1. The quantitative estimate of drug-likeness (QED) is 0.723. The molecule has 0 aliphatic heterocycles. The van der Waals surface area contributed by atoms with E-state index in [9.17, 15) is 14.0 Å². The summed E-state index contributed by atoms with van der Waals surface area (Å²) in [5.41, 5.74) is 4.17. The van der Waals surface area contributed by atoms with E-state index in [-0.39, 0.29) is 22.9 Å². The molecule has 0 aliphatic carbocycles. The van der Waals surface area contributed by atoms with Gasteiger partial charge in [0.2, 0.25) is 0 Å². The van der Waals surface area contributed by atoms with Crippen molar-refractivity contribution in [2.45, 2.75) is 26.3 Å². The highest BCUT2D eigenvalue weighted by atomic mass is 35.5. The fourth-order valence-electron chi connectivity index (χ4n) is 3.21. The molecule has 7 heteroatoms. The molecule has 0 saturated heterocycles. The average molecular weight is 420 g/mol. The van der Waals surface area contributed by atoms with Crippen molar-refractivity contribution in [2.75, 3.05) is 27.7 Å². The van der Waals surface area contributed by atoms with Crippen molar-refractivity contribution < 1.29 is 14.0 Å². The van der Waals surface area contributed by atoms with E-state index in [1.165, 1.54) is 18.2 Å². The Labute approximate surface area is 176 Å². The Hall–Kier alpha value is -2.44. The van der Waals surface area contributed by atoms with Gasteiger partial charge in [0.1, 0.15) is 5.82 Å². The molecule has 2 aromatic carbocycles. The molecule has 0 heterocycles. The van der Waals surface area contributed by atoms with Gasteiger partial charge < -0.3 is 15.5 Å². The number of carbonyl (C=O) groups is 2. The van der Waals surface area contributed by atoms with Crippen LogP contribution in [0, 0.1) is 19.7 Å². The lowest BCUT2D eigenvalue weighted by Crippen LogP contribution is -2.42. The zero-order chi connectivity index (χ0) is 21.7. The van der Waals surface area contributed by atoms with Gasteiger partial charge in [0, 0.05) is 30.8 Å². The molecule has 2 amide bonds. The normalized spacial score (nSPS) is 12.0. The number of halogens is 2.